The molecular weight excluding hydrogens is 478 g/mol. The summed E-state index contributed by atoms with van der Waals surface area (Å²) in [6.45, 7) is 6.88. The van der Waals surface area contributed by atoms with Gasteiger partial charge >= 0.3 is 0 Å². The van der Waals surface area contributed by atoms with Gasteiger partial charge in [0.1, 0.15) is 11.7 Å². The number of fused-ring (bicyclic) bond motifs is 1. The van der Waals surface area contributed by atoms with E-state index in [9.17, 15) is 18.0 Å². The van der Waals surface area contributed by atoms with Gasteiger partial charge in [0.25, 0.3) is 11.8 Å². The molecule has 1 atom stereocenters. The van der Waals surface area contributed by atoms with Crippen LogP contribution >= 0.6 is 11.6 Å². The summed E-state index contributed by atoms with van der Waals surface area (Å²) in [6, 6.07) is 1.98. The van der Waals surface area contributed by atoms with Gasteiger partial charge < -0.3 is 9.64 Å². The molecule has 0 aromatic heterocycles. The van der Waals surface area contributed by atoms with E-state index in [0.29, 0.717) is 48.1 Å². The van der Waals surface area contributed by atoms with Crippen LogP contribution in [-0.2, 0) is 26.0 Å². The Hall–Kier alpha value is -2.49. The number of dihydropyridines is 1. The molecule has 0 spiro atoms. The van der Waals surface area contributed by atoms with Crippen LogP contribution in [0.2, 0.25) is 5.02 Å². The van der Waals surface area contributed by atoms with Crippen molar-refractivity contribution < 1.29 is 22.7 Å². The van der Waals surface area contributed by atoms with E-state index in [-0.39, 0.29) is 18.4 Å². The number of rotatable bonds is 5. The predicted molar refractivity (Wildman–Crippen MR) is 132 cm³/mol. The van der Waals surface area contributed by atoms with Crippen LogP contribution in [0.5, 0.6) is 0 Å². The molecule has 0 aliphatic carbocycles. The van der Waals surface area contributed by atoms with Gasteiger partial charge in [0.2, 0.25) is 10.0 Å². The lowest BCUT2D eigenvalue weighted by Gasteiger charge is -2.35. The number of aliphatic imine (C=N–C) groups is 1. The molecule has 3 aliphatic rings. The summed E-state index contributed by atoms with van der Waals surface area (Å²) in [6.07, 6.45) is 3.54. The number of nitrogens with zero attached hydrogens (tertiary/aromatic N) is 3. The van der Waals surface area contributed by atoms with E-state index in [2.05, 4.69) is 4.99 Å². The molecule has 10 heteroatoms. The topological polar surface area (TPSA) is 96.3 Å². The minimum absolute atomic E-state index is 0.163. The van der Waals surface area contributed by atoms with Crippen molar-refractivity contribution in [1.82, 2.24) is 9.21 Å². The third-order valence-electron chi connectivity index (χ3n) is 6.78. The normalized spacial score (nSPS) is 21.1. The van der Waals surface area contributed by atoms with Crippen molar-refractivity contribution in [3.8, 4) is 0 Å². The minimum Gasteiger partial charge on any atom is -0.500 e. The molecule has 3 heterocycles. The Morgan fingerprint density at radius 3 is 2.56 bits per heavy atom. The molecule has 4 rings (SSSR count). The molecule has 182 valence electrons. The summed E-state index contributed by atoms with van der Waals surface area (Å²) in [7, 11) is -1.73. The van der Waals surface area contributed by atoms with Gasteiger partial charge in [-0.3, -0.25) is 9.59 Å². The van der Waals surface area contributed by atoms with Crippen molar-refractivity contribution in [3.05, 3.63) is 50.8 Å². The molecular formula is C24H28ClN3O5S. The quantitative estimate of drug-likeness (QED) is 0.613. The van der Waals surface area contributed by atoms with E-state index in [1.807, 2.05) is 19.9 Å². The van der Waals surface area contributed by atoms with E-state index in [0.717, 1.165) is 27.8 Å². The van der Waals surface area contributed by atoms with Gasteiger partial charge in [0.15, 0.2) is 0 Å². The Balaban J connectivity index is 1.65. The highest BCUT2D eigenvalue weighted by atomic mass is 35.5. The Morgan fingerprint density at radius 2 is 1.94 bits per heavy atom. The minimum atomic E-state index is -3.24. The predicted octanol–water partition coefficient (Wildman–Crippen LogP) is 2.84. The average molecular weight is 506 g/mol. The Kier molecular flexibility index (Phi) is 6.48. The number of ether oxygens (including phenoxy) is 1. The summed E-state index contributed by atoms with van der Waals surface area (Å²) in [5.74, 6) is -0.710. The number of carbonyl (C=O) groups is 2. The van der Waals surface area contributed by atoms with Gasteiger partial charge in [0.05, 0.1) is 24.0 Å². The Labute approximate surface area is 205 Å². The maximum absolute atomic E-state index is 13.6. The van der Waals surface area contributed by atoms with Gasteiger partial charge in [-0.25, -0.2) is 13.4 Å². The maximum atomic E-state index is 13.6. The smallest absolute Gasteiger partial charge is 0.258 e. The molecule has 2 amide bonds. The average Bonchev–Trinajstić information content (AvgIpc) is 2.71. The van der Waals surface area contributed by atoms with Crippen molar-refractivity contribution in [3.63, 3.8) is 0 Å². The fourth-order valence-electron chi connectivity index (χ4n) is 4.67. The SMILES string of the molecule is COC1=CC(C)=NC(=O)C1CN1CCc2c(C)cc(C(C)=C3CN(S(C)(=O)=O)C3)c(Cl)c2C1=O. The third kappa shape index (κ3) is 4.32. The number of halogens is 1. The van der Waals surface area contributed by atoms with Crippen LogP contribution in [0.15, 0.2) is 28.5 Å². The first kappa shape index (κ1) is 24.6. The van der Waals surface area contributed by atoms with Crippen molar-refractivity contribution >= 4 is 44.7 Å². The van der Waals surface area contributed by atoms with Crippen molar-refractivity contribution in [2.24, 2.45) is 10.9 Å². The molecule has 34 heavy (non-hydrogen) atoms. The molecule has 0 N–H and O–H groups in total. The number of hydrogen-bond donors (Lipinski definition) is 0. The highest BCUT2D eigenvalue weighted by Gasteiger charge is 2.36. The zero-order valence-electron chi connectivity index (χ0n) is 19.9. The zero-order chi connectivity index (χ0) is 24.9. The lowest BCUT2D eigenvalue weighted by Crippen LogP contribution is -2.44. The maximum Gasteiger partial charge on any atom is 0.258 e. The summed E-state index contributed by atoms with van der Waals surface area (Å²) < 4.78 is 30.3. The number of benzene rings is 1. The fourth-order valence-corrected chi connectivity index (χ4v) is 5.85. The standard InChI is InChI=1S/C24H28ClN3O5S/c1-13-8-18(15(3)16-10-28(11-16)34(5,31)32)22(25)21-17(13)6-7-27(24(21)30)12-19-20(33-4)9-14(2)26-23(19)29/h8-9,19H,6-7,10-12H2,1-5H3. The molecule has 3 aliphatic heterocycles. The largest absolute Gasteiger partial charge is 0.500 e. The fraction of sp³-hybridized carbons (Fsp3) is 0.458. The number of sulfonamides is 1. The van der Waals surface area contributed by atoms with E-state index < -0.39 is 15.9 Å². The van der Waals surface area contributed by atoms with Crippen LogP contribution in [0, 0.1) is 12.8 Å². The third-order valence-corrected chi connectivity index (χ3v) is 8.37. The second kappa shape index (κ2) is 8.94. The molecule has 1 aromatic carbocycles. The van der Waals surface area contributed by atoms with Gasteiger partial charge in [-0.2, -0.15) is 4.31 Å². The number of aryl methyl sites for hydroxylation is 1. The van der Waals surface area contributed by atoms with Crippen molar-refractivity contribution in [2.75, 3.05) is 39.5 Å². The lowest BCUT2D eigenvalue weighted by atomic mass is 9.88. The van der Waals surface area contributed by atoms with Crippen LogP contribution in [0.25, 0.3) is 5.57 Å². The van der Waals surface area contributed by atoms with Gasteiger partial charge in [-0.05, 0) is 67.2 Å². The second-order valence-electron chi connectivity index (χ2n) is 9.06. The zero-order valence-corrected chi connectivity index (χ0v) is 21.5. The van der Waals surface area contributed by atoms with Gasteiger partial charge in [-0.15, -0.1) is 0 Å². The van der Waals surface area contributed by atoms with Crippen LogP contribution < -0.4 is 0 Å². The molecule has 1 fully saturated rings. The molecule has 1 unspecified atom stereocenters. The first-order chi connectivity index (χ1) is 15.9. The van der Waals surface area contributed by atoms with E-state index in [4.69, 9.17) is 16.3 Å². The molecule has 0 saturated carbocycles. The molecule has 0 radical (unpaired) electrons. The Bertz CT molecular complexity index is 1290. The van der Waals surface area contributed by atoms with Crippen LogP contribution in [0.4, 0.5) is 0 Å². The first-order valence-electron chi connectivity index (χ1n) is 11.0. The second-order valence-corrected chi connectivity index (χ2v) is 11.4. The number of amides is 2. The summed E-state index contributed by atoms with van der Waals surface area (Å²) >= 11 is 6.81. The number of allylic oxidation sites excluding steroid dienone is 2. The van der Waals surface area contributed by atoms with E-state index in [1.165, 1.54) is 17.7 Å². The highest BCUT2D eigenvalue weighted by Crippen LogP contribution is 2.38. The van der Waals surface area contributed by atoms with Crippen LogP contribution in [0.3, 0.4) is 0 Å². The highest BCUT2D eigenvalue weighted by molar-refractivity contribution is 7.88. The van der Waals surface area contributed by atoms with Crippen molar-refractivity contribution in [1.29, 1.82) is 0 Å². The van der Waals surface area contributed by atoms with Gasteiger partial charge in [0, 0.05) is 31.9 Å². The lowest BCUT2D eigenvalue weighted by molar-refractivity contribution is -0.122. The van der Waals surface area contributed by atoms with Crippen molar-refractivity contribution in [2.45, 2.75) is 27.2 Å². The first-order valence-corrected chi connectivity index (χ1v) is 13.2. The summed E-state index contributed by atoms with van der Waals surface area (Å²) in [5, 5.41) is 0.365. The number of hydrogen-bond acceptors (Lipinski definition) is 5. The van der Waals surface area contributed by atoms with Gasteiger partial charge in [-0.1, -0.05) is 11.6 Å². The number of methoxy groups -OCH3 is 1. The Morgan fingerprint density at radius 1 is 1.26 bits per heavy atom. The molecule has 0 bridgehead atoms. The molecule has 8 nitrogen and oxygen atoms in total. The summed E-state index contributed by atoms with van der Waals surface area (Å²) in [4.78, 5) is 31.8. The monoisotopic (exact) mass is 505 g/mol. The van der Waals surface area contributed by atoms with E-state index >= 15 is 0 Å². The van der Waals surface area contributed by atoms with Crippen LogP contribution in [-0.4, -0.2) is 74.7 Å². The number of carbonyl (C=O) groups excluding carboxylic acids is 2. The summed E-state index contributed by atoms with van der Waals surface area (Å²) in [5.41, 5.74) is 5.50. The van der Waals surface area contributed by atoms with E-state index in [1.54, 1.807) is 17.9 Å². The molecule has 1 saturated heterocycles. The molecule has 1 aromatic rings. The van der Waals surface area contributed by atoms with Crippen LogP contribution in [0.1, 0.15) is 40.9 Å².